The zero-order chi connectivity index (χ0) is 18.2. The van der Waals surface area contributed by atoms with Gasteiger partial charge in [-0.05, 0) is 49.6 Å². The summed E-state index contributed by atoms with van der Waals surface area (Å²) in [6, 6.07) is 9.97. The van der Waals surface area contributed by atoms with Gasteiger partial charge in [0.2, 0.25) is 0 Å². The van der Waals surface area contributed by atoms with Crippen LogP contribution in [-0.4, -0.2) is 30.6 Å². The highest BCUT2D eigenvalue weighted by Crippen LogP contribution is 2.12. The molecule has 0 aliphatic carbocycles. The van der Waals surface area contributed by atoms with Crippen molar-refractivity contribution in [3.8, 4) is 0 Å². The fraction of sp³-hybridized carbons (Fsp3) is 0.278. The number of benzene rings is 1. The van der Waals surface area contributed by atoms with Gasteiger partial charge in [-0.2, -0.15) is 0 Å². The first-order valence-electron chi connectivity index (χ1n) is 7.73. The van der Waals surface area contributed by atoms with Crippen LogP contribution in [0.4, 0.5) is 5.69 Å². The first-order chi connectivity index (χ1) is 11.9. The normalized spacial score (nSPS) is 10.4. The molecular formula is C18H19NO5S. The van der Waals surface area contributed by atoms with Crippen LogP contribution in [-0.2, 0) is 25.5 Å². The summed E-state index contributed by atoms with van der Waals surface area (Å²) in [5.74, 6) is -1.32. The van der Waals surface area contributed by atoms with E-state index in [1.807, 2.05) is 17.5 Å². The lowest BCUT2D eigenvalue weighted by Gasteiger charge is -2.09. The topological polar surface area (TPSA) is 81.7 Å². The quantitative estimate of drug-likeness (QED) is 0.767. The van der Waals surface area contributed by atoms with Gasteiger partial charge in [-0.25, -0.2) is 4.79 Å². The molecule has 1 N–H and O–H groups in total. The largest absolute Gasteiger partial charge is 0.459 e. The molecule has 7 heteroatoms. The van der Waals surface area contributed by atoms with E-state index in [9.17, 15) is 14.4 Å². The van der Waals surface area contributed by atoms with Gasteiger partial charge in [-0.3, -0.25) is 9.59 Å². The highest BCUT2D eigenvalue weighted by Gasteiger charge is 2.11. The second kappa shape index (κ2) is 8.98. The number of hydrogen-bond donors (Lipinski definition) is 1. The number of rotatable bonds is 7. The first-order valence-corrected chi connectivity index (χ1v) is 8.61. The molecule has 132 valence electrons. The molecular weight excluding hydrogens is 342 g/mol. The SMILES string of the molecule is CC(C)OC(=O)c1ccc(NC(=O)COC(=O)Cc2cccs2)cc1. The summed E-state index contributed by atoms with van der Waals surface area (Å²) in [6.07, 6.45) is -0.0480. The first kappa shape index (κ1) is 18.7. The maximum atomic E-state index is 11.8. The van der Waals surface area contributed by atoms with E-state index in [1.54, 1.807) is 38.1 Å². The van der Waals surface area contributed by atoms with E-state index in [0.29, 0.717) is 11.3 Å². The average molecular weight is 361 g/mol. The van der Waals surface area contributed by atoms with E-state index in [1.165, 1.54) is 11.3 Å². The molecule has 1 heterocycles. The molecule has 1 aromatic carbocycles. The van der Waals surface area contributed by atoms with E-state index >= 15 is 0 Å². The Hall–Kier alpha value is -2.67. The Morgan fingerprint density at radius 2 is 1.84 bits per heavy atom. The van der Waals surface area contributed by atoms with Crippen LogP contribution in [0.25, 0.3) is 0 Å². The van der Waals surface area contributed by atoms with Crippen LogP contribution >= 0.6 is 11.3 Å². The van der Waals surface area contributed by atoms with Crippen molar-refractivity contribution in [2.24, 2.45) is 0 Å². The van der Waals surface area contributed by atoms with Crippen LogP contribution in [0.2, 0.25) is 0 Å². The van der Waals surface area contributed by atoms with Crippen LogP contribution in [0, 0.1) is 0 Å². The molecule has 0 unspecified atom stereocenters. The molecule has 1 amide bonds. The van der Waals surface area contributed by atoms with E-state index in [4.69, 9.17) is 9.47 Å². The minimum absolute atomic E-state index is 0.150. The Labute approximate surface area is 149 Å². The van der Waals surface area contributed by atoms with Gasteiger partial charge in [0.1, 0.15) is 0 Å². The van der Waals surface area contributed by atoms with Gasteiger partial charge < -0.3 is 14.8 Å². The third kappa shape index (κ3) is 6.39. The number of ether oxygens (including phenoxy) is 2. The van der Waals surface area contributed by atoms with Crippen molar-refractivity contribution < 1.29 is 23.9 Å². The standard InChI is InChI=1S/C18H19NO5S/c1-12(2)24-18(22)13-5-7-14(8-6-13)19-16(20)11-23-17(21)10-15-4-3-9-25-15/h3-9,12H,10-11H2,1-2H3,(H,19,20). The van der Waals surface area contributed by atoms with E-state index in [2.05, 4.69) is 5.32 Å². The maximum Gasteiger partial charge on any atom is 0.338 e. The third-order valence-corrected chi connectivity index (χ3v) is 3.89. The molecule has 0 atom stereocenters. The summed E-state index contributed by atoms with van der Waals surface area (Å²) in [5, 5.41) is 4.47. The molecule has 0 spiro atoms. The molecule has 0 aliphatic rings. The lowest BCUT2D eigenvalue weighted by molar-refractivity contribution is -0.146. The molecule has 0 bridgehead atoms. The molecule has 0 aliphatic heterocycles. The second-order valence-corrected chi connectivity index (χ2v) is 6.53. The van der Waals surface area contributed by atoms with Gasteiger partial charge in [0.05, 0.1) is 18.1 Å². The summed E-state index contributed by atoms with van der Waals surface area (Å²) >= 11 is 1.46. The molecule has 1 aromatic heterocycles. The van der Waals surface area contributed by atoms with Crippen molar-refractivity contribution in [3.05, 3.63) is 52.2 Å². The highest BCUT2D eigenvalue weighted by atomic mass is 32.1. The van der Waals surface area contributed by atoms with Crippen molar-refractivity contribution in [2.75, 3.05) is 11.9 Å². The van der Waals surface area contributed by atoms with Gasteiger partial charge in [0.15, 0.2) is 6.61 Å². The van der Waals surface area contributed by atoms with Crippen molar-refractivity contribution in [1.29, 1.82) is 0 Å². The summed E-state index contributed by atoms with van der Waals surface area (Å²) in [5.41, 5.74) is 0.898. The number of nitrogens with one attached hydrogen (secondary N) is 1. The smallest absolute Gasteiger partial charge is 0.338 e. The van der Waals surface area contributed by atoms with Gasteiger partial charge >= 0.3 is 11.9 Å². The average Bonchev–Trinajstić information content (AvgIpc) is 3.06. The highest BCUT2D eigenvalue weighted by molar-refractivity contribution is 7.10. The van der Waals surface area contributed by atoms with Crippen LogP contribution in [0.3, 0.4) is 0 Å². The molecule has 25 heavy (non-hydrogen) atoms. The number of thiophene rings is 1. The Morgan fingerprint density at radius 1 is 1.12 bits per heavy atom. The Bertz CT molecular complexity index is 722. The fourth-order valence-corrected chi connectivity index (χ4v) is 2.61. The van der Waals surface area contributed by atoms with Crippen LogP contribution in [0.5, 0.6) is 0 Å². The Kier molecular flexibility index (Phi) is 6.71. The maximum absolute atomic E-state index is 11.8. The second-order valence-electron chi connectivity index (χ2n) is 5.50. The number of anilines is 1. The van der Waals surface area contributed by atoms with E-state index in [-0.39, 0.29) is 19.1 Å². The van der Waals surface area contributed by atoms with Crippen molar-refractivity contribution >= 4 is 34.9 Å². The Balaban J connectivity index is 1.78. The summed E-state index contributed by atoms with van der Waals surface area (Å²) in [6.45, 7) is 3.18. The van der Waals surface area contributed by atoms with E-state index in [0.717, 1.165) is 4.88 Å². The zero-order valence-electron chi connectivity index (χ0n) is 14.0. The molecule has 0 fully saturated rings. The van der Waals surface area contributed by atoms with Crippen LogP contribution in [0.15, 0.2) is 41.8 Å². The third-order valence-electron chi connectivity index (χ3n) is 3.01. The minimum atomic E-state index is -0.454. The number of carbonyl (C=O) groups excluding carboxylic acids is 3. The van der Waals surface area contributed by atoms with Crippen LogP contribution in [0.1, 0.15) is 29.1 Å². The predicted octanol–water partition coefficient (Wildman–Crippen LogP) is 3.04. The fourth-order valence-electron chi connectivity index (χ4n) is 1.92. The number of hydrogen-bond acceptors (Lipinski definition) is 6. The number of amides is 1. The lowest BCUT2D eigenvalue weighted by Crippen LogP contribution is -2.21. The summed E-state index contributed by atoms with van der Waals surface area (Å²) in [4.78, 5) is 36.0. The summed E-state index contributed by atoms with van der Waals surface area (Å²) < 4.78 is 10.0. The molecule has 2 aromatic rings. The monoisotopic (exact) mass is 361 g/mol. The van der Waals surface area contributed by atoms with Crippen molar-refractivity contribution in [2.45, 2.75) is 26.4 Å². The van der Waals surface area contributed by atoms with Crippen molar-refractivity contribution in [1.82, 2.24) is 0 Å². The Morgan fingerprint density at radius 3 is 2.44 bits per heavy atom. The molecule has 6 nitrogen and oxygen atoms in total. The predicted molar refractivity (Wildman–Crippen MR) is 94.6 cm³/mol. The number of carbonyl (C=O) groups is 3. The van der Waals surface area contributed by atoms with Crippen molar-refractivity contribution in [3.63, 3.8) is 0 Å². The van der Waals surface area contributed by atoms with Gasteiger partial charge in [0, 0.05) is 10.6 Å². The molecule has 0 radical (unpaired) electrons. The zero-order valence-corrected chi connectivity index (χ0v) is 14.8. The van der Waals surface area contributed by atoms with Gasteiger partial charge in [-0.1, -0.05) is 6.07 Å². The molecule has 0 saturated heterocycles. The number of esters is 2. The minimum Gasteiger partial charge on any atom is -0.459 e. The van der Waals surface area contributed by atoms with Gasteiger partial charge in [0.25, 0.3) is 5.91 Å². The molecule has 0 saturated carbocycles. The van der Waals surface area contributed by atoms with Crippen LogP contribution < -0.4 is 5.32 Å². The lowest BCUT2D eigenvalue weighted by atomic mass is 10.2. The van der Waals surface area contributed by atoms with Gasteiger partial charge in [-0.15, -0.1) is 11.3 Å². The van der Waals surface area contributed by atoms with E-state index < -0.39 is 17.8 Å². The molecule has 2 rings (SSSR count). The summed E-state index contributed by atoms with van der Waals surface area (Å²) in [7, 11) is 0.